The number of carbonyl (C=O) groups is 1. The van der Waals surface area contributed by atoms with Gasteiger partial charge in [-0.25, -0.2) is 5.10 Å². The number of hydrogen-bond acceptors (Lipinski definition) is 6. The standard InChI is InChI=1S/C27H36N4O3/c32-24-19-18-23(22(24)14-6-1-2-7-16-26-28-30-31-29-26)25(34-27-17-8-9-20-33-27)15-10-13-21-11-4-3-5-12-21/h1,3-6,11-12,15,22-23,27H,2,7-10,13-14,16-20H2,(H,28,29,30,31)/b6-1-,25-15?/t22-,23-,27?/m0/s1. The Hall–Kier alpha value is -2.80. The number of allylic oxidation sites excluding steroid dienone is 4. The van der Waals surface area contributed by atoms with E-state index in [0.29, 0.717) is 12.2 Å². The maximum atomic E-state index is 12.8. The Kier molecular flexibility index (Phi) is 9.43. The van der Waals surface area contributed by atoms with Crippen LogP contribution in [0.2, 0.25) is 0 Å². The van der Waals surface area contributed by atoms with E-state index in [1.54, 1.807) is 0 Å². The second-order valence-electron chi connectivity index (χ2n) is 9.21. The molecule has 1 aromatic heterocycles. The quantitative estimate of drug-likeness (QED) is 0.266. The lowest BCUT2D eigenvalue weighted by molar-refractivity contribution is -0.146. The summed E-state index contributed by atoms with van der Waals surface area (Å²) in [6, 6.07) is 10.5. The van der Waals surface area contributed by atoms with E-state index in [1.165, 1.54) is 5.56 Å². The molecule has 0 radical (unpaired) electrons. The molecule has 1 saturated heterocycles. The average Bonchev–Trinajstić information content (AvgIpc) is 3.52. The molecule has 1 aromatic carbocycles. The maximum absolute atomic E-state index is 12.8. The summed E-state index contributed by atoms with van der Waals surface area (Å²) in [5.74, 6) is 2.25. The summed E-state index contributed by atoms with van der Waals surface area (Å²) in [5.41, 5.74) is 1.31. The number of carbonyl (C=O) groups excluding carboxylic acids is 1. The SMILES string of the molecule is O=C1CC[C@H](C(=CCCc2ccccc2)OC2CCCCO2)[C@@H]1C/C=C\CCCc1nnn[nH]1. The van der Waals surface area contributed by atoms with Gasteiger partial charge in [0.1, 0.15) is 11.6 Å². The first-order valence-electron chi connectivity index (χ1n) is 12.7. The van der Waals surface area contributed by atoms with E-state index < -0.39 is 0 Å². The monoisotopic (exact) mass is 464 g/mol. The number of unbranched alkanes of at least 4 members (excludes halogenated alkanes) is 1. The Bertz CT molecular complexity index is 921. The minimum atomic E-state index is -0.186. The van der Waals surface area contributed by atoms with Gasteiger partial charge >= 0.3 is 0 Å². The van der Waals surface area contributed by atoms with E-state index in [0.717, 1.165) is 82.4 Å². The third-order valence-corrected chi connectivity index (χ3v) is 6.72. The molecule has 0 bridgehead atoms. The Morgan fingerprint density at radius 2 is 2.03 bits per heavy atom. The summed E-state index contributed by atoms with van der Waals surface area (Å²) >= 11 is 0. The molecule has 1 aliphatic carbocycles. The molecule has 4 rings (SSSR count). The van der Waals surface area contributed by atoms with Crippen molar-refractivity contribution < 1.29 is 14.3 Å². The number of benzene rings is 1. The number of hydrogen-bond donors (Lipinski definition) is 1. The van der Waals surface area contributed by atoms with Crippen molar-refractivity contribution in [3.63, 3.8) is 0 Å². The number of aromatic amines is 1. The fourth-order valence-corrected chi connectivity index (χ4v) is 4.85. The number of nitrogens with one attached hydrogen (secondary N) is 1. The molecule has 3 atom stereocenters. The zero-order valence-corrected chi connectivity index (χ0v) is 19.9. The third kappa shape index (κ3) is 7.35. The lowest BCUT2D eigenvalue weighted by atomic mass is 9.89. The van der Waals surface area contributed by atoms with Crippen molar-refractivity contribution in [3.8, 4) is 0 Å². The number of aromatic nitrogens is 4. The highest BCUT2D eigenvalue weighted by atomic mass is 16.7. The van der Waals surface area contributed by atoms with Gasteiger partial charge in [0, 0.05) is 31.1 Å². The second-order valence-corrected chi connectivity index (χ2v) is 9.21. The van der Waals surface area contributed by atoms with Gasteiger partial charge in [-0.05, 0) is 73.4 Å². The Labute approximate surface area is 202 Å². The van der Waals surface area contributed by atoms with Crippen molar-refractivity contribution in [2.75, 3.05) is 6.61 Å². The van der Waals surface area contributed by atoms with Crippen LogP contribution in [0, 0.1) is 11.8 Å². The highest BCUT2D eigenvalue weighted by Crippen LogP contribution is 2.38. The number of nitrogens with zero attached hydrogens (tertiary/aromatic N) is 3. The van der Waals surface area contributed by atoms with Gasteiger partial charge in [-0.3, -0.25) is 4.79 Å². The zero-order valence-electron chi connectivity index (χ0n) is 19.9. The van der Waals surface area contributed by atoms with Crippen molar-refractivity contribution >= 4 is 5.78 Å². The highest BCUT2D eigenvalue weighted by Gasteiger charge is 2.37. The summed E-state index contributed by atoms with van der Waals surface area (Å²) in [5, 5.41) is 13.9. The summed E-state index contributed by atoms with van der Waals surface area (Å²) in [6.07, 6.45) is 16.4. The zero-order chi connectivity index (χ0) is 23.4. The minimum Gasteiger partial charge on any atom is -0.469 e. The van der Waals surface area contributed by atoms with E-state index in [4.69, 9.17) is 9.47 Å². The van der Waals surface area contributed by atoms with Crippen LogP contribution < -0.4 is 0 Å². The first-order valence-corrected chi connectivity index (χ1v) is 12.7. The van der Waals surface area contributed by atoms with Crippen molar-refractivity contribution in [1.29, 1.82) is 0 Å². The fraction of sp³-hybridized carbons (Fsp3) is 0.556. The number of ether oxygens (including phenoxy) is 2. The molecule has 2 fully saturated rings. The van der Waals surface area contributed by atoms with Crippen LogP contribution in [0.5, 0.6) is 0 Å². The van der Waals surface area contributed by atoms with E-state index in [1.807, 2.05) is 6.07 Å². The minimum absolute atomic E-state index is 0.0127. The van der Waals surface area contributed by atoms with Crippen molar-refractivity contribution in [3.05, 3.63) is 65.7 Å². The van der Waals surface area contributed by atoms with Gasteiger partial charge in [0.15, 0.2) is 6.29 Å². The van der Waals surface area contributed by atoms with Crippen LogP contribution in [0.25, 0.3) is 0 Å². The average molecular weight is 465 g/mol. The van der Waals surface area contributed by atoms with Crippen LogP contribution in [0.3, 0.4) is 0 Å². The van der Waals surface area contributed by atoms with Crippen LogP contribution >= 0.6 is 0 Å². The van der Waals surface area contributed by atoms with Gasteiger partial charge in [-0.1, -0.05) is 42.5 Å². The molecule has 7 nitrogen and oxygen atoms in total. The number of rotatable bonds is 12. The number of tetrazole rings is 1. The first-order chi connectivity index (χ1) is 16.8. The normalized spacial score (nSPS) is 23.6. The summed E-state index contributed by atoms with van der Waals surface area (Å²) in [6.45, 7) is 0.752. The van der Waals surface area contributed by atoms with Gasteiger partial charge in [0.2, 0.25) is 0 Å². The molecule has 1 aliphatic heterocycles. The molecular formula is C27H36N4O3. The van der Waals surface area contributed by atoms with Crippen LogP contribution in [-0.4, -0.2) is 39.3 Å². The van der Waals surface area contributed by atoms with Crippen molar-refractivity contribution in [2.45, 2.75) is 76.9 Å². The van der Waals surface area contributed by atoms with Gasteiger partial charge in [0.25, 0.3) is 0 Å². The predicted molar refractivity (Wildman–Crippen MR) is 130 cm³/mol. The second kappa shape index (κ2) is 13.2. The molecule has 1 N–H and O–H groups in total. The van der Waals surface area contributed by atoms with Gasteiger partial charge in [-0.15, -0.1) is 5.10 Å². The molecule has 2 aromatic rings. The van der Waals surface area contributed by atoms with Crippen molar-refractivity contribution in [1.82, 2.24) is 20.6 Å². The maximum Gasteiger partial charge on any atom is 0.199 e. The Morgan fingerprint density at radius 3 is 2.82 bits per heavy atom. The molecule has 0 spiro atoms. The third-order valence-electron chi connectivity index (χ3n) is 6.72. The topological polar surface area (TPSA) is 90.0 Å². The molecule has 0 amide bonds. The van der Waals surface area contributed by atoms with Gasteiger partial charge < -0.3 is 9.47 Å². The predicted octanol–water partition coefficient (Wildman–Crippen LogP) is 5.12. The Morgan fingerprint density at radius 1 is 1.12 bits per heavy atom. The molecule has 2 aliphatic rings. The van der Waals surface area contributed by atoms with E-state index >= 15 is 0 Å². The van der Waals surface area contributed by atoms with E-state index in [-0.39, 0.29) is 18.1 Å². The van der Waals surface area contributed by atoms with Gasteiger partial charge in [0.05, 0.1) is 12.4 Å². The molecule has 182 valence electrons. The lowest BCUT2D eigenvalue weighted by Crippen LogP contribution is -2.26. The summed E-state index contributed by atoms with van der Waals surface area (Å²) in [7, 11) is 0. The van der Waals surface area contributed by atoms with E-state index in [2.05, 4.69) is 63.1 Å². The number of ketones is 1. The molecule has 2 heterocycles. The fourth-order valence-electron chi connectivity index (χ4n) is 4.85. The lowest BCUT2D eigenvalue weighted by Gasteiger charge is -2.29. The Balaban J connectivity index is 1.35. The van der Waals surface area contributed by atoms with Crippen molar-refractivity contribution in [2.24, 2.45) is 11.8 Å². The van der Waals surface area contributed by atoms with Crippen LogP contribution in [0.4, 0.5) is 0 Å². The first kappa shape index (κ1) is 24.3. The summed E-state index contributed by atoms with van der Waals surface area (Å²) < 4.78 is 12.3. The van der Waals surface area contributed by atoms with Crippen LogP contribution in [0.1, 0.15) is 69.2 Å². The number of Topliss-reactive ketones (excluding diaryl/α,β-unsaturated/α-hetero) is 1. The molecule has 1 unspecified atom stereocenters. The molecule has 7 heteroatoms. The molecular weight excluding hydrogens is 428 g/mol. The highest BCUT2D eigenvalue weighted by molar-refractivity contribution is 5.84. The molecule has 34 heavy (non-hydrogen) atoms. The van der Waals surface area contributed by atoms with E-state index in [9.17, 15) is 4.79 Å². The molecule has 1 saturated carbocycles. The van der Waals surface area contributed by atoms with Crippen LogP contribution in [0.15, 0.2) is 54.3 Å². The largest absolute Gasteiger partial charge is 0.469 e. The number of aryl methyl sites for hydroxylation is 2. The smallest absolute Gasteiger partial charge is 0.199 e. The van der Waals surface area contributed by atoms with Gasteiger partial charge in [-0.2, -0.15) is 0 Å². The van der Waals surface area contributed by atoms with Crippen LogP contribution in [-0.2, 0) is 27.1 Å². The number of H-pyrrole nitrogens is 1. The summed E-state index contributed by atoms with van der Waals surface area (Å²) in [4.78, 5) is 12.8.